The number of aliphatic hydroxyl groups excluding tert-OH is 1. The topological polar surface area (TPSA) is 58.6 Å². The van der Waals surface area contributed by atoms with Crippen LogP contribution in [-0.4, -0.2) is 17.6 Å². The van der Waals surface area contributed by atoms with Gasteiger partial charge in [-0.15, -0.1) is 0 Å². The van der Waals surface area contributed by atoms with Crippen LogP contribution in [0.25, 0.3) is 0 Å². The fourth-order valence-corrected chi connectivity index (χ4v) is 2.33. The number of carbonyl (C=O) groups excluding carboxylic acids is 1. The molecule has 4 heteroatoms. The fourth-order valence-electron chi connectivity index (χ4n) is 2.33. The summed E-state index contributed by atoms with van der Waals surface area (Å²) in [6, 6.07) is 15.1. The van der Waals surface area contributed by atoms with Crippen molar-refractivity contribution in [2.24, 2.45) is 0 Å². The predicted octanol–water partition coefficient (Wildman–Crippen LogP) is 3.13. The predicted molar refractivity (Wildman–Crippen MR) is 90.2 cm³/mol. The summed E-state index contributed by atoms with van der Waals surface area (Å²) in [6.07, 6.45) is -0.750. The largest absolute Gasteiger partial charge is 0.494 e. The minimum atomic E-state index is -0.791. The Bertz CT molecular complexity index is 640. The molecule has 0 aliphatic rings. The maximum atomic E-state index is 12.0. The minimum Gasteiger partial charge on any atom is -0.494 e. The Labute approximate surface area is 137 Å². The van der Waals surface area contributed by atoms with E-state index in [9.17, 15) is 9.90 Å². The second-order valence-corrected chi connectivity index (χ2v) is 5.45. The number of hydrogen-bond acceptors (Lipinski definition) is 3. The molecule has 2 aromatic rings. The molecule has 0 spiro atoms. The molecule has 2 rings (SSSR count). The lowest BCUT2D eigenvalue weighted by atomic mass is 10.1. The zero-order valence-electron chi connectivity index (χ0n) is 13.6. The molecule has 0 aliphatic carbocycles. The van der Waals surface area contributed by atoms with Crippen LogP contribution in [0.2, 0.25) is 0 Å². The number of ether oxygens (including phenoxy) is 1. The molecule has 0 saturated heterocycles. The van der Waals surface area contributed by atoms with Gasteiger partial charge in [0.2, 0.25) is 5.91 Å². The van der Waals surface area contributed by atoms with Gasteiger partial charge in [0.15, 0.2) is 0 Å². The molecule has 1 amide bonds. The highest BCUT2D eigenvalue weighted by atomic mass is 16.5. The first-order valence-electron chi connectivity index (χ1n) is 7.82. The monoisotopic (exact) mass is 313 g/mol. The summed E-state index contributed by atoms with van der Waals surface area (Å²) >= 11 is 0. The molecule has 0 fully saturated rings. The van der Waals surface area contributed by atoms with Crippen LogP contribution in [0.15, 0.2) is 48.5 Å². The van der Waals surface area contributed by atoms with Crippen LogP contribution in [0, 0.1) is 6.92 Å². The number of rotatable bonds is 7. The Hall–Kier alpha value is -2.33. The Morgan fingerprint density at radius 2 is 1.96 bits per heavy atom. The van der Waals surface area contributed by atoms with Gasteiger partial charge in [-0.25, -0.2) is 0 Å². The van der Waals surface area contributed by atoms with E-state index in [1.54, 1.807) is 0 Å². The van der Waals surface area contributed by atoms with E-state index in [0.717, 1.165) is 22.4 Å². The Balaban J connectivity index is 1.92. The van der Waals surface area contributed by atoms with Crippen molar-refractivity contribution in [1.82, 2.24) is 5.32 Å². The molecule has 1 unspecified atom stereocenters. The Kier molecular flexibility index (Phi) is 6.18. The number of amides is 1. The van der Waals surface area contributed by atoms with Gasteiger partial charge in [0.05, 0.1) is 19.1 Å². The maximum absolute atomic E-state index is 12.0. The van der Waals surface area contributed by atoms with E-state index in [0.29, 0.717) is 13.2 Å². The molecule has 122 valence electrons. The van der Waals surface area contributed by atoms with Crippen LogP contribution in [0.4, 0.5) is 0 Å². The maximum Gasteiger partial charge on any atom is 0.223 e. The molecular formula is C19H23NO3. The molecule has 2 aromatic carbocycles. The molecule has 1 atom stereocenters. The van der Waals surface area contributed by atoms with Gasteiger partial charge in [0.1, 0.15) is 5.75 Å². The number of nitrogens with one attached hydrogen (secondary N) is 1. The summed E-state index contributed by atoms with van der Waals surface area (Å²) in [6.45, 7) is 4.90. The van der Waals surface area contributed by atoms with Gasteiger partial charge in [-0.3, -0.25) is 4.79 Å². The van der Waals surface area contributed by atoms with Gasteiger partial charge in [-0.2, -0.15) is 0 Å². The van der Waals surface area contributed by atoms with Gasteiger partial charge < -0.3 is 15.2 Å². The molecule has 0 aliphatic heterocycles. The number of benzene rings is 2. The van der Waals surface area contributed by atoms with Crippen LogP contribution in [0.3, 0.4) is 0 Å². The quantitative estimate of drug-likeness (QED) is 0.825. The number of aryl methyl sites for hydroxylation is 1. The molecule has 0 saturated carbocycles. The Morgan fingerprint density at radius 1 is 1.22 bits per heavy atom. The van der Waals surface area contributed by atoms with Crippen LogP contribution >= 0.6 is 0 Å². The van der Waals surface area contributed by atoms with Crippen LogP contribution < -0.4 is 10.1 Å². The van der Waals surface area contributed by atoms with Crippen molar-refractivity contribution in [3.05, 3.63) is 65.2 Å². The van der Waals surface area contributed by atoms with Crippen LogP contribution in [0.5, 0.6) is 5.75 Å². The normalized spacial score (nSPS) is 11.8. The van der Waals surface area contributed by atoms with E-state index in [1.165, 1.54) is 0 Å². The van der Waals surface area contributed by atoms with E-state index in [-0.39, 0.29) is 12.3 Å². The van der Waals surface area contributed by atoms with E-state index >= 15 is 0 Å². The zero-order chi connectivity index (χ0) is 16.7. The van der Waals surface area contributed by atoms with Crippen molar-refractivity contribution in [2.45, 2.75) is 32.9 Å². The molecule has 0 aromatic heterocycles. The molecular weight excluding hydrogens is 290 g/mol. The fraction of sp³-hybridized carbons (Fsp3) is 0.316. The van der Waals surface area contributed by atoms with E-state index in [4.69, 9.17) is 4.74 Å². The van der Waals surface area contributed by atoms with Gasteiger partial charge in [-0.1, -0.05) is 42.5 Å². The summed E-state index contributed by atoms with van der Waals surface area (Å²) < 4.78 is 5.60. The standard InChI is InChI=1S/C19H23NO3/c1-3-23-18-11-14(2)9-10-16(18)13-20-19(22)12-17(21)15-7-5-4-6-8-15/h4-11,17,21H,3,12-13H2,1-2H3,(H,20,22). The minimum absolute atomic E-state index is 0.0415. The first-order chi connectivity index (χ1) is 11.1. The summed E-state index contributed by atoms with van der Waals surface area (Å²) in [5, 5.41) is 12.9. The van der Waals surface area contributed by atoms with Gasteiger partial charge in [0, 0.05) is 12.1 Å². The van der Waals surface area contributed by atoms with Gasteiger partial charge in [-0.05, 0) is 31.0 Å². The lowest BCUT2D eigenvalue weighted by Crippen LogP contribution is -2.24. The number of carbonyl (C=O) groups is 1. The highest BCUT2D eigenvalue weighted by molar-refractivity contribution is 5.76. The van der Waals surface area contributed by atoms with E-state index in [2.05, 4.69) is 5.32 Å². The van der Waals surface area contributed by atoms with E-state index in [1.807, 2.05) is 62.4 Å². The van der Waals surface area contributed by atoms with Crippen molar-refractivity contribution < 1.29 is 14.6 Å². The van der Waals surface area contributed by atoms with Crippen LogP contribution in [0.1, 0.15) is 36.1 Å². The first kappa shape index (κ1) is 17.0. The molecule has 4 nitrogen and oxygen atoms in total. The lowest BCUT2D eigenvalue weighted by Gasteiger charge is -2.14. The van der Waals surface area contributed by atoms with Gasteiger partial charge >= 0.3 is 0 Å². The highest BCUT2D eigenvalue weighted by Gasteiger charge is 2.13. The third-order valence-corrected chi connectivity index (χ3v) is 3.56. The summed E-state index contributed by atoms with van der Waals surface area (Å²) in [5.74, 6) is 0.598. The third-order valence-electron chi connectivity index (χ3n) is 3.56. The molecule has 0 radical (unpaired) electrons. The highest BCUT2D eigenvalue weighted by Crippen LogP contribution is 2.21. The molecule has 0 heterocycles. The zero-order valence-corrected chi connectivity index (χ0v) is 13.6. The second kappa shape index (κ2) is 8.34. The number of hydrogen-bond donors (Lipinski definition) is 2. The van der Waals surface area contributed by atoms with Crippen LogP contribution in [-0.2, 0) is 11.3 Å². The average molecular weight is 313 g/mol. The first-order valence-corrected chi connectivity index (χ1v) is 7.82. The molecule has 23 heavy (non-hydrogen) atoms. The van der Waals surface area contributed by atoms with Gasteiger partial charge in [0.25, 0.3) is 0 Å². The smallest absolute Gasteiger partial charge is 0.223 e. The van der Waals surface area contributed by atoms with Crippen molar-refractivity contribution >= 4 is 5.91 Å². The summed E-state index contributed by atoms with van der Waals surface area (Å²) in [4.78, 5) is 12.0. The summed E-state index contributed by atoms with van der Waals surface area (Å²) in [7, 11) is 0. The Morgan fingerprint density at radius 3 is 2.65 bits per heavy atom. The molecule has 2 N–H and O–H groups in total. The van der Waals surface area contributed by atoms with Crippen molar-refractivity contribution in [3.63, 3.8) is 0 Å². The number of aliphatic hydroxyl groups is 1. The lowest BCUT2D eigenvalue weighted by molar-refractivity contribution is -0.123. The van der Waals surface area contributed by atoms with Crippen molar-refractivity contribution in [3.8, 4) is 5.75 Å². The average Bonchev–Trinajstić information content (AvgIpc) is 2.55. The SMILES string of the molecule is CCOc1cc(C)ccc1CNC(=O)CC(O)c1ccccc1. The molecule has 0 bridgehead atoms. The summed E-state index contributed by atoms with van der Waals surface area (Å²) in [5.41, 5.74) is 2.79. The van der Waals surface area contributed by atoms with E-state index < -0.39 is 6.10 Å². The third kappa shape index (κ3) is 5.11. The van der Waals surface area contributed by atoms with Crippen molar-refractivity contribution in [2.75, 3.05) is 6.61 Å². The second-order valence-electron chi connectivity index (χ2n) is 5.45. The van der Waals surface area contributed by atoms with Crippen molar-refractivity contribution in [1.29, 1.82) is 0 Å².